The average Bonchev–Trinajstić information content (AvgIpc) is 3.26. The van der Waals surface area contributed by atoms with E-state index in [1.54, 1.807) is 37.3 Å². The number of carbonyl (C=O) groups excluding carboxylic acids is 4. The van der Waals surface area contributed by atoms with Gasteiger partial charge in [0.05, 0.1) is 17.5 Å². The van der Waals surface area contributed by atoms with Crippen LogP contribution in [-0.2, 0) is 14.3 Å². The van der Waals surface area contributed by atoms with E-state index in [9.17, 15) is 24.3 Å². The van der Waals surface area contributed by atoms with Gasteiger partial charge in [-0.25, -0.2) is 4.79 Å². The Morgan fingerprint density at radius 1 is 1.24 bits per heavy atom. The molecule has 1 aromatic heterocycles. The Morgan fingerprint density at radius 2 is 1.97 bits per heavy atom. The van der Waals surface area contributed by atoms with E-state index in [0.29, 0.717) is 17.3 Å². The van der Waals surface area contributed by atoms with Crippen LogP contribution in [0.15, 0.2) is 45.7 Å². The van der Waals surface area contributed by atoms with Crippen molar-refractivity contribution >= 4 is 40.9 Å². The topological polar surface area (TPSA) is 117 Å². The van der Waals surface area contributed by atoms with Gasteiger partial charge in [-0.3, -0.25) is 14.5 Å². The highest BCUT2D eigenvalue weighted by Gasteiger charge is 2.41. The number of carbonyl (C=O) groups is 4. The fraction of sp³-hybridized carbons (Fsp3) is 0.200. The quantitative estimate of drug-likeness (QED) is 0.522. The Labute approximate surface area is 170 Å². The summed E-state index contributed by atoms with van der Waals surface area (Å²) in [5, 5.41) is 10.7. The highest BCUT2D eigenvalue weighted by molar-refractivity contribution is 8.18. The standard InChI is InChI=1S/C20H17NO7S/c1-3-27-19(25)11(2)21-17(22)16(29-20(21)26)10-12-8-9-15(28-12)13-6-4-5-7-14(13)18(23)24/h4-11H,3H2,1-2H3,(H,23,24)/p-1/b16-10-/t11-/m0/s1. The Morgan fingerprint density at radius 3 is 2.66 bits per heavy atom. The van der Waals surface area contributed by atoms with Crippen LogP contribution in [0.2, 0.25) is 0 Å². The minimum atomic E-state index is -1.34. The van der Waals surface area contributed by atoms with Crippen LogP contribution in [0.3, 0.4) is 0 Å². The zero-order valence-electron chi connectivity index (χ0n) is 15.5. The number of nitrogens with zero attached hydrogens (tertiary/aromatic N) is 1. The number of carboxylic acids is 1. The van der Waals surface area contributed by atoms with Gasteiger partial charge in [-0.2, -0.15) is 0 Å². The molecule has 150 valence electrons. The molecule has 8 nitrogen and oxygen atoms in total. The van der Waals surface area contributed by atoms with Gasteiger partial charge < -0.3 is 19.1 Å². The van der Waals surface area contributed by atoms with E-state index in [1.807, 2.05) is 0 Å². The van der Waals surface area contributed by atoms with Crippen LogP contribution in [0.5, 0.6) is 0 Å². The first-order valence-corrected chi connectivity index (χ1v) is 9.49. The van der Waals surface area contributed by atoms with Crippen molar-refractivity contribution in [3.05, 3.63) is 52.6 Å². The fourth-order valence-electron chi connectivity index (χ4n) is 2.76. The molecular formula is C20H16NO7S-. The molecule has 1 fully saturated rings. The van der Waals surface area contributed by atoms with Gasteiger partial charge in [0.15, 0.2) is 0 Å². The molecule has 9 heteroatoms. The number of ether oxygens (including phenoxy) is 1. The molecule has 1 atom stereocenters. The summed E-state index contributed by atoms with van der Waals surface area (Å²) in [5.41, 5.74) is 0.299. The summed E-state index contributed by atoms with van der Waals surface area (Å²) in [4.78, 5) is 48.8. The minimum Gasteiger partial charge on any atom is -0.545 e. The zero-order chi connectivity index (χ0) is 21.1. The molecule has 0 radical (unpaired) electrons. The summed E-state index contributed by atoms with van der Waals surface area (Å²) in [6, 6.07) is 8.25. The monoisotopic (exact) mass is 414 g/mol. The number of aromatic carboxylic acids is 1. The molecule has 1 aromatic carbocycles. The third kappa shape index (κ3) is 4.09. The minimum absolute atomic E-state index is 0.0306. The van der Waals surface area contributed by atoms with Crippen molar-refractivity contribution < 1.29 is 33.4 Å². The molecule has 2 heterocycles. The number of thioether (sulfide) groups is 1. The summed E-state index contributed by atoms with van der Waals surface area (Å²) in [6.45, 7) is 3.18. The van der Waals surface area contributed by atoms with Gasteiger partial charge in [-0.05, 0) is 37.7 Å². The van der Waals surface area contributed by atoms with Crippen molar-refractivity contribution in [2.45, 2.75) is 19.9 Å². The van der Waals surface area contributed by atoms with Crippen molar-refractivity contribution in [3.63, 3.8) is 0 Å². The Bertz CT molecular complexity index is 1020. The maximum absolute atomic E-state index is 12.6. The third-order valence-corrected chi connectivity index (χ3v) is 5.03. The molecule has 0 aliphatic carbocycles. The second kappa shape index (κ2) is 8.36. The van der Waals surface area contributed by atoms with Crippen LogP contribution in [0.1, 0.15) is 30.0 Å². The maximum atomic E-state index is 12.6. The SMILES string of the molecule is CCOC(=O)[C@H](C)N1C(=O)S/C(=C\c2ccc(-c3ccccc3C(=O)[O-])o2)C1=O. The molecule has 1 aliphatic rings. The summed E-state index contributed by atoms with van der Waals surface area (Å²) < 4.78 is 10.5. The number of furan rings is 1. The van der Waals surface area contributed by atoms with E-state index >= 15 is 0 Å². The first-order valence-electron chi connectivity index (χ1n) is 8.67. The number of hydrogen-bond acceptors (Lipinski definition) is 8. The predicted octanol–water partition coefficient (Wildman–Crippen LogP) is 2.30. The number of esters is 1. The van der Waals surface area contributed by atoms with E-state index in [-0.39, 0.29) is 28.6 Å². The van der Waals surface area contributed by atoms with E-state index in [4.69, 9.17) is 9.15 Å². The van der Waals surface area contributed by atoms with Gasteiger partial charge in [0.1, 0.15) is 17.6 Å². The first-order chi connectivity index (χ1) is 13.8. The van der Waals surface area contributed by atoms with Crippen LogP contribution >= 0.6 is 11.8 Å². The van der Waals surface area contributed by atoms with Gasteiger partial charge in [0.25, 0.3) is 11.1 Å². The average molecular weight is 414 g/mol. The Balaban J connectivity index is 1.86. The van der Waals surface area contributed by atoms with Crippen LogP contribution in [0.4, 0.5) is 4.79 Å². The highest BCUT2D eigenvalue weighted by Crippen LogP contribution is 2.35. The smallest absolute Gasteiger partial charge is 0.329 e. The number of hydrogen-bond donors (Lipinski definition) is 0. The molecule has 2 amide bonds. The van der Waals surface area contributed by atoms with Crippen molar-refractivity contribution in [1.82, 2.24) is 4.90 Å². The molecular weight excluding hydrogens is 398 g/mol. The molecule has 2 aromatic rings. The number of rotatable bonds is 6. The molecule has 3 rings (SSSR count). The first kappa shape index (κ1) is 20.4. The normalized spacial score (nSPS) is 16.3. The van der Waals surface area contributed by atoms with Gasteiger partial charge in [-0.15, -0.1) is 0 Å². The summed E-state index contributed by atoms with van der Waals surface area (Å²) in [5.74, 6) is -2.12. The van der Waals surface area contributed by atoms with Crippen LogP contribution in [0, 0.1) is 0 Å². The van der Waals surface area contributed by atoms with Gasteiger partial charge >= 0.3 is 5.97 Å². The Kier molecular flexibility index (Phi) is 5.88. The van der Waals surface area contributed by atoms with Gasteiger partial charge in [0.2, 0.25) is 0 Å². The highest BCUT2D eigenvalue weighted by atomic mass is 32.2. The molecule has 0 N–H and O–H groups in total. The Hall–Kier alpha value is -3.33. The lowest BCUT2D eigenvalue weighted by Gasteiger charge is -2.19. The zero-order valence-corrected chi connectivity index (χ0v) is 16.4. The lowest BCUT2D eigenvalue weighted by atomic mass is 10.1. The van der Waals surface area contributed by atoms with Crippen LogP contribution in [0.25, 0.3) is 17.4 Å². The largest absolute Gasteiger partial charge is 0.545 e. The molecule has 0 unspecified atom stereocenters. The number of benzene rings is 1. The van der Waals surface area contributed by atoms with Crippen molar-refractivity contribution in [1.29, 1.82) is 0 Å². The van der Waals surface area contributed by atoms with Crippen LogP contribution < -0.4 is 5.11 Å². The summed E-state index contributed by atoms with van der Waals surface area (Å²) in [7, 11) is 0. The van der Waals surface area contributed by atoms with Gasteiger partial charge in [-0.1, -0.05) is 24.3 Å². The molecule has 0 saturated carbocycles. The summed E-state index contributed by atoms with van der Waals surface area (Å²) >= 11 is 0.680. The number of carboxylic acid groups (broad SMARTS) is 1. The third-order valence-electron chi connectivity index (χ3n) is 4.15. The van der Waals surface area contributed by atoms with E-state index < -0.39 is 29.1 Å². The second-order valence-electron chi connectivity index (χ2n) is 6.01. The van der Waals surface area contributed by atoms with Gasteiger partial charge in [0, 0.05) is 17.2 Å². The lowest BCUT2D eigenvalue weighted by Crippen LogP contribution is -2.42. The molecule has 0 spiro atoms. The molecule has 0 bridgehead atoms. The van der Waals surface area contributed by atoms with Crippen molar-refractivity contribution in [2.75, 3.05) is 6.61 Å². The van der Waals surface area contributed by atoms with E-state index in [0.717, 1.165) is 4.90 Å². The van der Waals surface area contributed by atoms with Crippen molar-refractivity contribution in [3.8, 4) is 11.3 Å². The molecule has 1 saturated heterocycles. The summed E-state index contributed by atoms with van der Waals surface area (Å²) in [6.07, 6.45) is 1.37. The maximum Gasteiger partial charge on any atom is 0.329 e. The predicted molar refractivity (Wildman–Crippen MR) is 102 cm³/mol. The lowest BCUT2D eigenvalue weighted by molar-refractivity contribution is -0.255. The van der Waals surface area contributed by atoms with Crippen molar-refractivity contribution in [2.24, 2.45) is 0 Å². The van der Waals surface area contributed by atoms with Crippen LogP contribution in [-0.4, -0.2) is 40.6 Å². The fourth-order valence-corrected chi connectivity index (χ4v) is 3.65. The molecule has 1 aliphatic heterocycles. The molecule has 29 heavy (non-hydrogen) atoms. The second-order valence-corrected chi connectivity index (χ2v) is 7.01. The number of amides is 2. The van der Waals surface area contributed by atoms with E-state index in [2.05, 4.69) is 0 Å². The van der Waals surface area contributed by atoms with E-state index in [1.165, 1.54) is 19.1 Å². The number of imide groups is 1.